The topological polar surface area (TPSA) is 120 Å². The second-order valence-corrected chi connectivity index (χ2v) is 11.9. The normalized spacial score (nSPS) is 19.6. The number of carbonyl (C=O) groups is 1. The summed E-state index contributed by atoms with van der Waals surface area (Å²) in [5, 5.41) is 14.4. The molecule has 8 nitrogen and oxygen atoms in total. The van der Waals surface area contributed by atoms with Gasteiger partial charge in [-0.1, -0.05) is 11.2 Å². The predicted molar refractivity (Wildman–Crippen MR) is 150 cm³/mol. The molecule has 3 aromatic heterocycles. The van der Waals surface area contributed by atoms with Gasteiger partial charge in [-0.25, -0.2) is 18.7 Å². The minimum absolute atomic E-state index is 0.0672. The molecule has 0 saturated heterocycles. The number of alkyl halides is 2. The number of nitrogens with zero attached hydrogens (tertiary/aromatic N) is 3. The number of aryl methyl sites for hydroxylation is 1. The van der Waals surface area contributed by atoms with Gasteiger partial charge in [-0.15, -0.1) is 0 Å². The van der Waals surface area contributed by atoms with E-state index < -0.39 is 23.2 Å². The number of rotatable bonds is 10. The third-order valence-electron chi connectivity index (χ3n) is 7.31. The highest BCUT2D eigenvalue weighted by molar-refractivity contribution is 7.90. The number of ether oxygens (including phenoxy) is 1. The zero-order valence-electron chi connectivity index (χ0n) is 22.8. The van der Waals surface area contributed by atoms with Crippen LogP contribution in [0.3, 0.4) is 0 Å². The molecule has 0 amide bonds. The van der Waals surface area contributed by atoms with Crippen molar-refractivity contribution in [3.05, 3.63) is 65.6 Å². The lowest BCUT2D eigenvalue weighted by Gasteiger charge is -2.37. The van der Waals surface area contributed by atoms with Gasteiger partial charge in [0.2, 0.25) is 0 Å². The number of pyridine rings is 3. The van der Waals surface area contributed by atoms with Gasteiger partial charge < -0.3 is 19.7 Å². The maximum atomic E-state index is 13.1. The van der Waals surface area contributed by atoms with Crippen molar-refractivity contribution in [1.29, 1.82) is 0 Å². The summed E-state index contributed by atoms with van der Waals surface area (Å²) in [5.74, 6) is 0.524. The third kappa shape index (κ3) is 7.52. The molecular formula is C29H34F2N4O4S. The zero-order valence-corrected chi connectivity index (χ0v) is 23.6. The molecule has 0 aliphatic heterocycles. The molecule has 40 heavy (non-hydrogen) atoms. The van der Waals surface area contributed by atoms with E-state index in [1.165, 1.54) is 18.3 Å². The van der Waals surface area contributed by atoms with Crippen molar-refractivity contribution in [2.75, 3.05) is 23.9 Å². The van der Waals surface area contributed by atoms with Gasteiger partial charge in [-0.2, -0.15) is 0 Å². The first-order chi connectivity index (χ1) is 19.0. The fraction of sp³-hybridized carbons (Fsp3) is 0.448. The molecule has 1 aliphatic rings. The largest absolute Gasteiger partial charge is 0.616 e. The van der Waals surface area contributed by atoms with Gasteiger partial charge in [-0.3, -0.25) is 9.78 Å². The van der Waals surface area contributed by atoms with Crippen LogP contribution in [-0.2, 0) is 26.3 Å². The predicted octanol–water partition coefficient (Wildman–Crippen LogP) is 5.46. The van der Waals surface area contributed by atoms with Crippen LogP contribution in [0.25, 0.3) is 11.3 Å². The van der Waals surface area contributed by atoms with Crippen LogP contribution in [0.4, 0.5) is 20.4 Å². The number of hydrogen-bond donors (Lipinski definition) is 2. The fourth-order valence-corrected chi connectivity index (χ4v) is 5.30. The molecule has 214 valence electrons. The van der Waals surface area contributed by atoms with Crippen LogP contribution < -0.4 is 5.32 Å². The Morgan fingerprint density at radius 2 is 1.93 bits per heavy atom. The molecule has 0 unspecified atom stereocenters. The second kappa shape index (κ2) is 13.0. The molecular weight excluding hydrogens is 538 g/mol. The van der Waals surface area contributed by atoms with Crippen LogP contribution in [0.15, 0.2) is 48.8 Å². The molecule has 2 N–H and O–H groups in total. The maximum Gasteiger partial charge on any atom is 0.309 e. The number of esters is 1. The summed E-state index contributed by atoms with van der Waals surface area (Å²) in [4.78, 5) is 25.6. The van der Waals surface area contributed by atoms with E-state index in [0.717, 1.165) is 11.1 Å². The summed E-state index contributed by atoms with van der Waals surface area (Å²) in [5.41, 5.74) is 1.51. The third-order valence-corrected chi connectivity index (χ3v) is 8.05. The van der Waals surface area contributed by atoms with Crippen LogP contribution in [0.2, 0.25) is 0 Å². The van der Waals surface area contributed by atoms with Gasteiger partial charge in [0.15, 0.2) is 0 Å². The first-order valence-electron chi connectivity index (χ1n) is 13.2. The minimum atomic E-state index is -2.59. The highest BCUT2D eigenvalue weighted by atomic mass is 32.2. The van der Waals surface area contributed by atoms with Crippen LogP contribution in [0, 0.1) is 18.8 Å². The second-order valence-electron chi connectivity index (χ2n) is 10.4. The Morgan fingerprint density at radius 3 is 2.58 bits per heavy atom. The van der Waals surface area contributed by atoms with Crippen molar-refractivity contribution in [3.8, 4) is 11.3 Å². The van der Waals surface area contributed by atoms with E-state index in [2.05, 4.69) is 20.3 Å². The summed E-state index contributed by atoms with van der Waals surface area (Å²) >= 11 is -1.00. The molecule has 1 saturated carbocycles. The number of carbonyl (C=O) groups excluding carboxylic acids is 1. The molecule has 4 rings (SSSR count). The lowest BCUT2D eigenvalue weighted by atomic mass is 9.73. The SMILES string of the molecule is Cc1cc(Nc2cc(C(F)F)ccn2)nc(-c2ccc([C@](C)(O)[C@H]3CC[C@H](C(=O)OCC[S@@+](C)[O-])CC3)nc2)c1. The highest BCUT2D eigenvalue weighted by Gasteiger charge is 2.39. The summed E-state index contributed by atoms with van der Waals surface area (Å²) in [6.45, 7) is 3.82. The molecule has 2 atom stereocenters. The number of aliphatic hydroxyl groups is 1. The van der Waals surface area contributed by atoms with Crippen molar-refractivity contribution >= 4 is 28.8 Å². The Labute approximate surface area is 235 Å². The van der Waals surface area contributed by atoms with E-state index in [1.807, 2.05) is 19.1 Å². The van der Waals surface area contributed by atoms with E-state index in [0.29, 0.717) is 48.6 Å². The first-order valence-corrected chi connectivity index (χ1v) is 14.9. The van der Waals surface area contributed by atoms with Crippen LogP contribution in [-0.4, -0.2) is 49.2 Å². The lowest BCUT2D eigenvalue weighted by molar-refractivity contribution is -0.150. The summed E-state index contributed by atoms with van der Waals surface area (Å²) in [7, 11) is 0. The van der Waals surface area contributed by atoms with E-state index in [-0.39, 0.29) is 35.8 Å². The van der Waals surface area contributed by atoms with Crippen LogP contribution in [0.5, 0.6) is 0 Å². The van der Waals surface area contributed by atoms with Crippen LogP contribution in [0.1, 0.15) is 55.9 Å². The Bertz CT molecular complexity index is 1300. The summed E-state index contributed by atoms with van der Waals surface area (Å²) < 4.78 is 42.6. The summed E-state index contributed by atoms with van der Waals surface area (Å²) in [6.07, 6.45) is 4.51. The smallest absolute Gasteiger partial charge is 0.309 e. The molecule has 3 heterocycles. The number of nitrogens with one attached hydrogen (secondary N) is 1. The van der Waals surface area contributed by atoms with Crippen LogP contribution >= 0.6 is 0 Å². The first kappa shape index (κ1) is 29.8. The van der Waals surface area contributed by atoms with Gasteiger partial charge in [0.05, 0.1) is 23.6 Å². The molecule has 0 aromatic carbocycles. The monoisotopic (exact) mass is 572 g/mol. The Kier molecular flexibility index (Phi) is 9.70. The minimum Gasteiger partial charge on any atom is -0.616 e. The molecule has 11 heteroatoms. The molecule has 0 spiro atoms. The quantitative estimate of drug-likeness (QED) is 0.243. The molecule has 3 aromatic rings. The number of hydrogen-bond acceptors (Lipinski definition) is 8. The van der Waals surface area contributed by atoms with Gasteiger partial charge in [0.25, 0.3) is 6.43 Å². The molecule has 0 bridgehead atoms. The Hall–Kier alpha value is -3.15. The van der Waals surface area contributed by atoms with Crippen molar-refractivity contribution < 1.29 is 28.0 Å². The number of anilines is 2. The van der Waals surface area contributed by atoms with Gasteiger partial charge >= 0.3 is 5.97 Å². The molecule has 1 aliphatic carbocycles. The maximum absolute atomic E-state index is 13.1. The number of halogens is 2. The van der Waals surface area contributed by atoms with Crippen molar-refractivity contribution in [2.24, 2.45) is 11.8 Å². The van der Waals surface area contributed by atoms with Gasteiger partial charge in [0, 0.05) is 23.5 Å². The average molecular weight is 573 g/mol. The van der Waals surface area contributed by atoms with E-state index in [9.17, 15) is 23.2 Å². The van der Waals surface area contributed by atoms with E-state index >= 15 is 0 Å². The van der Waals surface area contributed by atoms with Gasteiger partial charge in [-0.05, 0) is 87.4 Å². The highest BCUT2D eigenvalue weighted by Crippen LogP contribution is 2.41. The summed E-state index contributed by atoms with van der Waals surface area (Å²) in [6, 6.07) is 9.88. The van der Waals surface area contributed by atoms with E-state index in [1.54, 1.807) is 31.5 Å². The van der Waals surface area contributed by atoms with Crippen molar-refractivity contribution in [2.45, 2.75) is 51.6 Å². The van der Waals surface area contributed by atoms with Gasteiger partial charge in [0.1, 0.15) is 29.6 Å². The average Bonchev–Trinajstić information content (AvgIpc) is 2.92. The van der Waals surface area contributed by atoms with Crippen molar-refractivity contribution in [1.82, 2.24) is 15.0 Å². The zero-order chi connectivity index (χ0) is 28.9. The number of aromatic nitrogens is 3. The fourth-order valence-electron chi connectivity index (χ4n) is 4.98. The Balaban J connectivity index is 1.41. The van der Waals surface area contributed by atoms with Crippen molar-refractivity contribution in [3.63, 3.8) is 0 Å². The Morgan fingerprint density at radius 1 is 1.18 bits per heavy atom. The molecule has 0 radical (unpaired) electrons. The molecule has 1 fully saturated rings. The van der Waals surface area contributed by atoms with E-state index in [4.69, 9.17) is 4.74 Å². The standard InChI is InChI=1S/C29H34F2N4O4S/c1-18-14-23(34-26(15-18)35-25-16-20(27(30)31)10-11-32-25)21-6-9-24(33-17-21)29(2,37)22-7-4-19(5-8-22)28(36)39-12-13-40(3)38/h6,9-11,14-17,19,22,27,37H,4-5,7-8,12-13H2,1-3H3,(H,32,34,35)/t19-,22-,29-,40-/m1/s1. The lowest BCUT2D eigenvalue weighted by Crippen LogP contribution is -2.37.